The van der Waals surface area contributed by atoms with Crippen molar-refractivity contribution < 1.29 is 4.79 Å². The molecule has 3 N–H and O–H groups in total. The first-order chi connectivity index (χ1) is 18.3. The molecule has 0 aliphatic rings. The van der Waals surface area contributed by atoms with Crippen molar-refractivity contribution in [2.75, 3.05) is 11.1 Å². The number of anilines is 2. The normalized spacial score (nSPS) is 10.3. The molecule has 0 spiro atoms. The van der Waals surface area contributed by atoms with Crippen molar-refractivity contribution in [1.29, 1.82) is 0 Å². The van der Waals surface area contributed by atoms with E-state index >= 15 is 0 Å². The minimum atomic E-state index is -0.139. The first-order valence-electron chi connectivity index (χ1n) is 11.5. The van der Waals surface area contributed by atoms with Gasteiger partial charge in [-0.1, -0.05) is 78.9 Å². The van der Waals surface area contributed by atoms with E-state index in [1.807, 2.05) is 78.9 Å². The van der Waals surface area contributed by atoms with Crippen LogP contribution in [-0.2, 0) is 0 Å². The van der Waals surface area contributed by atoms with Gasteiger partial charge in [0.05, 0.1) is 11.4 Å². The standard InChI is InChI=1S/C19H13Br2NO.C12H9Br2N/c20-16-11-15(13-7-3-1-4-8-13)12-17(21)18(16)22-19(23)14-9-5-2-6-10-14;13-10-6-9(7-11(14)12(10)15)8-4-2-1-3-5-8/h1-12H,(H,22,23);1-7H,15H2. The highest BCUT2D eigenvalue weighted by atomic mass is 79.9. The second-order valence-electron chi connectivity index (χ2n) is 8.22. The monoisotopic (exact) mass is 754 g/mol. The quantitative estimate of drug-likeness (QED) is 0.179. The topological polar surface area (TPSA) is 55.1 Å². The molecule has 0 atom stereocenters. The van der Waals surface area contributed by atoms with E-state index in [1.165, 1.54) is 5.56 Å². The molecule has 0 fully saturated rings. The zero-order valence-electron chi connectivity index (χ0n) is 20.0. The number of benzene rings is 5. The summed E-state index contributed by atoms with van der Waals surface area (Å²) in [6.07, 6.45) is 0. The van der Waals surface area contributed by atoms with Crippen molar-refractivity contribution in [2.24, 2.45) is 0 Å². The van der Waals surface area contributed by atoms with E-state index in [2.05, 4.69) is 93.3 Å². The third-order valence-corrected chi connectivity index (χ3v) is 8.17. The predicted molar refractivity (Wildman–Crippen MR) is 173 cm³/mol. The van der Waals surface area contributed by atoms with Gasteiger partial charge in [-0.05, 0) is 122 Å². The molecule has 5 rings (SSSR count). The van der Waals surface area contributed by atoms with Gasteiger partial charge < -0.3 is 11.1 Å². The number of carbonyl (C=O) groups excluding carboxylic acids is 1. The van der Waals surface area contributed by atoms with Crippen molar-refractivity contribution in [3.63, 3.8) is 0 Å². The maximum atomic E-state index is 12.3. The molecule has 0 saturated carbocycles. The van der Waals surface area contributed by atoms with Crippen LogP contribution in [0.15, 0.2) is 133 Å². The van der Waals surface area contributed by atoms with E-state index in [0.717, 1.165) is 46.0 Å². The smallest absolute Gasteiger partial charge is 0.255 e. The van der Waals surface area contributed by atoms with Crippen LogP contribution in [0.4, 0.5) is 11.4 Å². The van der Waals surface area contributed by atoms with Gasteiger partial charge in [-0.2, -0.15) is 0 Å². The summed E-state index contributed by atoms with van der Waals surface area (Å²) in [4.78, 5) is 12.3. The van der Waals surface area contributed by atoms with Gasteiger partial charge >= 0.3 is 0 Å². The van der Waals surface area contributed by atoms with Crippen LogP contribution < -0.4 is 11.1 Å². The van der Waals surface area contributed by atoms with E-state index in [-0.39, 0.29) is 5.91 Å². The van der Waals surface area contributed by atoms with E-state index in [0.29, 0.717) is 5.56 Å². The van der Waals surface area contributed by atoms with Crippen molar-refractivity contribution in [2.45, 2.75) is 0 Å². The summed E-state index contributed by atoms with van der Waals surface area (Å²) >= 11 is 14.0. The van der Waals surface area contributed by atoms with Gasteiger partial charge in [-0.3, -0.25) is 4.79 Å². The van der Waals surface area contributed by atoms with E-state index in [4.69, 9.17) is 5.73 Å². The largest absolute Gasteiger partial charge is 0.397 e. The molecule has 0 aliphatic carbocycles. The Bertz CT molecular complexity index is 1500. The lowest BCUT2D eigenvalue weighted by atomic mass is 10.1. The molecule has 0 radical (unpaired) electrons. The maximum Gasteiger partial charge on any atom is 0.255 e. The first kappa shape index (κ1) is 28.3. The molecule has 0 bridgehead atoms. The zero-order valence-corrected chi connectivity index (χ0v) is 26.3. The molecule has 3 nitrogen and oxygen atoms in total. The number of amides is 1. The van der Waals surface area contributed by atoms with Gasteiger partial charge in [0.25, 0.3) is 5.91 Å². The summed E-state index contributed by atoms with van der Waals surface area (Å²) in [6, 6.07) is 37.5. The van der Waals surface area contributed by atoms with Gasteiger partial charge in [0.2, 0.25) is 0 Å². The molecule has 7 heteroatoms. The summed E-state index contributed by atoms with van der Waals surface area (Å²) < 4.78 is 3.48. The van der Waals surface area contributed by atoms with Crippen LogP contribution in [0.3, 0.4) is 0 Å². The van der Waals surface area contributed by atoms with Gasteiger partial charge in [-0.25, -0.2) is 0 Å². The second kappa shape index (κ2) is 13.4. The SMILES string of the molecule is Nc1c(Br)cc(-c2ccccc2)cc1Br.O=C(Nc1c(Br)cc(-c2ccccc2)cc1Br)c1ccccc1. The highest BCUT2D eigenvalue weighted by molar-refractivity contribution is 9.11. The summed E-state index contributed by atoms with van der Waals surface area (Å²) in [6.45, 7) is 0. The van der Waals surface area contributed by atoms with Crippen LogP contribution in [-0.4, -0.2) is 5.91 Å². The van der Waals surface area contributed by atoms with Crippen LogP contribution in [0.5, 0.6) is 0 Å². The Morgan fingerprint density at radius 1 is 0.526 bits per heavy atom. The minimum Gasteiger partial charge on any atom is -0.397 e. The Balaban J connectivity index is 0.000000194. The minimum absolute atomic E-state index is 0.139. The average molecular weight is 758 g/mol. The molecule has 5 aromatic carbocycles. The maximum absolute atomic E-state index is 12.3. The second-order valence-corrected chi connectivity index (χ2v) is 11.6. The number of rotatable bonds is 4. The number of hydrogen-bond acceptors (Lipinski definition) is 2. The molecular formula is C31H22Br4N2O. The van der Waals surface area contributed by atoms with Gasteiger partial charge in [0.1, 0.15) is 0 Å². The Labute approximate surface area is 256 Å². The molecule has 190 valence electrons. The van der Waals surface area contributed by atoms with E-state index in [1.54, 1.807) is 12.1 Å². The highest BCUT2D eigenvalue weighted by Gasteiger charge is 2.13. The molecule has 0 aromatic heterocycles. The Morgan fingerprint density at radius 3 is 1.32 bits per heavy atom. The predicted octanol–water partition coefficient (Wildman–Crippen LogP) is 10.6. The molecule has 0 aliphatic heterocycles. The molecule has 1 amide bonds. The fraction of sp³-hybridized carbons (Fsp3) is 0. The fourth-order valence-electron chi connectivity index (χ4n) is 3.65. The summed E-state index contributed by atoms with van der Waals surface area (Å²) in [5.41, 5.74) is 12.4. The van der Waals surface area contributed by atoms with Crippen LogP contribution >= 0.6 is 63.7 Å². The molecule has 0 heterocycles. The van der Waals surface area contributed by atoms with Crippen LogP contribution in [0.25, 0.3) is 22.3 Å². The molecule has 0 saturated heterocycles. The highest BCUT2D eigenvalue weighted by Crippen LogP contribution is 2.36. The van der Waals surface area contributed by atoms with Crippen molar-refractivity contribution in [1.82, 2.24) is 0 Å². The third-order valence-electron chi connectivity index (χ3n) is 5.61. The summed E-state index contributed by atoms with van der Waals surface area (Å²) in [5, 5.41) is 2.94. The molecular weight excluding hydrogens is 736 g/mol. The number of nitrogens with one attached hydrogen (secondary N) is 1. The van der Waals surface area contributed by atoms with Gasteiger partial charge in [-0.15, -0.1) is 0 Å². The Hall–Kier alpha value is -2.71. The van der Waals surface area contributed by atoms with Crippen molar-refractivity contribution in [3.8, 4) is 22.3 Å². The van der Waals surface area contributed by atoms with E-state index in [9.17, 15) is 4.79 Å². The fourth-order valence-corrected chi connectivity index (χ4v) is 6.22. The average Bonchev–Trinajstić information content (AvgIpc) is 2.95. The van der Waals surface area contributed by atoms with E-state index < -0.39 is 0 Å². The third kappa shape index (κ3) is 7.23. The van der Waals surface area contributed by atoms with Crippen LogP contribution in [0.2, 0.25) is 0 Å². The number of hydrogen-bond donors (Lipinski definition) is 2. The van der Waals surface area contributed by atoms with Crippen molar-refractivity contribution >= 4 is 81.0 Å². The number of carbonyl (C=O) groups is 1. The zero-order chi connectivity index (χ0) is 27.1. The van der Waals surface area contributed by atoms with Crippen LogP contribution in [0, 0.1) is 0 Å². The molecule has 38 heavy (non-hydrogen) atoms. The Morgan fingerprint density at radius 2 is 0.895 bits per heavy atom. The lowest BCUT2D eigenvalue weighted by Crippen LogP contribution is -2.12. The lowest BCUT2D eigenvalue weighted by molar-refractivity contribution is 0.102. The van der Waals surface area contributed by atoms with Gasteiger partial charge in [0.15, 0.2) is 0 Å². The Kier molecular flexibility index (Phi) is 9.97. The summed E-state index contributed by atoms with van der Waals surface area (Å²) in [5.74, 6) is -0.139. The number of nitrogens with two attached hydrogens (primary N) is 1. The lowest BCUT2D eigenvalue weighted by Gasteiger charge is -2.12. The van der Waals surface area contributed by atoms with Crippen LogP contribution in [0.1, 0.15) is 10.4 Å². The first-order valence-corrected chi connectivity index (χ1v) is 14.7. The number of nitrogen functional groups attached to an aromatic ring is 1. The number of halogens is 4. The van der Waals surface area contributed by atoms with Gasteiger partial charge in [0, 0.05) is 23.5 Å². The van der Waals surface area contributed by atoms with Crippen molar-refractivity contribution in [3.05, 3.63) is 139 Å². The molecule has 0 unspecified atom stereocenters. The summed E-state index contributed by atoms with van der Waals surface area (Å²) in [7, 11) is 0. The molecule has 5 aromatic rings.